The zero-order valence-corrected chi connectivity index (χ0v) is 47.6. The molecule has 0 spiro atoms. The Morgan fingerprint density at radius 3 is 1.58 bits per heavy atom. The molecule has 0 radical (unpaired) electrons. The molecule has 0 bridgehead atoms. The van der Waals surface area contributed by atoms with Gasteiger partial charge in [-0.2, -0.15) is 0 Å². The standard InChI is InChI=1S/C82H52N2O2/c1-81(2)62-34-14-9-27-56(62)69-75(81)71-60-30-12-17-37-66(60)85-79(71)74-59-40-39-46(43-65(59)84(77(69)74)49-24-19-21-47(44-49)50-41-42-55-52-26-8-7-25-51(52)54-33-20-32-53(50)68(54)55)45-82(3)63-35-15-10-28-57(63)70-76(82)72-61-31-13-18-38-67(61)86-80(72)73-58-29-11-16-36-64(58)83(78(70)73)48-22-5-4-6-23-48/h4-44H,45H2,1-3H3. The molecule has 4 heterocycles. The van der Waals surface area contributed by atoms with Crippen LogP contribution in [0.3, 0.4) is 0 Å². The quantitative estimate of drug-likeness (QED) is 0.172. The van der Waals surface area contributed by atoms with E-state index >= 15 is 0 Å². The summed E-state index contributed by atoms with van der Waals surface area (Å²) in [7, 11) is 0. The van der Waals surface area contributed by atoms with Crippen molar-refractivity contribution < 1.29 is 8.83 Å². The highest BCUT2D eigenvalue weighted by molar-refractivity contribution is 6.32. The van der Waals surface area contributed by atoms with Crippen molar-refractivity contribution in [1.82, 2.24) is 9.13 Å². The van der Waals surface area contributed by atoms with E-state index in [1.165, 1.54) is 127 Å². The first-order valence-corrected chi connectivity index (χ1v) is 30.2. The molecule has 17 aromatic rings. The van der Waals surface area contributed by atoms with Gasteiger partial charge < -0.3 is 18.0 Å². The van der Waals surface area contributed by atoms with Crippen molar-refractivity contribution in [2.24, 2.45) is 0 Å². The topological polar surface area (TPSA) is 36.1 Å². The number of para-hydroxylation sites is 4. The highest BCUT2D eigenvalue weighted by Gasteiger charge is 2.46. The number of fused-ring (bicyclic) bond motifs is 27. The molecule has 0 saturated carbocycles. The zero-order chi connectivity index (χ0) is 56.5. The molecule has 0 aliphatic heterocycles. The van der Waals surface area contributed by atoms with E-state index in [1.54, 1.807) is 0 Å². The monoisotopic (exact) mass is 1100 g/mol. The summed E-state index contributed by atoms with van der Waals surface area (Å²) in [6.45, 7) is 7.33. The van der Waals surface area contributed by atoms with E-state index in [-0.39, 0.29) is 5.41 Å². The molecule has 1 atom stereocenters. The summed E-state index contributed by atoms with van der Waals surface area (Å²) < 4.78 is 19.7. The number of rotatable bonds is 5. The number of nitrogens with zero attached hydrogens (tertiary/aromatic N) is 2. The van der Waals surface area contributed by atoms with Gasteiger partial charge in [0.1, 0.15) is 22.3 Å². The van der Waals surface area contributed by atoms with Crippen molar-refractivity contribution in [3.8, 4) is 67.0 Å². The molecule has 3 aliphatic rings. The van der Waals surface area contributed by atoms with Crippen LogP contribution in [0.15, 0.2) is 258 Å². The molecule has 13 aromatic carbocycles. The molecule has 3 aliphatic carbocycles. The van der Waals surface area contributed by atoms with Crippen molar-refractivity contribution in [3.05, 3.63) is 277 Å². The highest BCUT2D eigenvalue weighted by Crippen LogP contribution is 2.61. The minimum Gasteiger partial charge on any atom is -0.455 e. The summed E-state index contributed by atoms with van der Waals surface area (Å²) in [5.74, 6) is 0. The SMILES string of the molecule is CC1(C)c2ccccc2-c2c1c1c3ccccc3oc1c1c3ccc(CC4(C)c5ccccc5-c5c4c4c6ccccc6oc4c4c6ccccc6n(-c6ccccc6)c54)cc3n(-c3cccc(-c4ccc5c6c(cccc46)-c4ccccc4-5)c3)c21. The van der Waals surface area contributed by atoms with Gasteiger partial charge in [0.15, 0.2) is 0 Å². The van der Waals surface area contributed by atoms with Crippen LogP contribution < -0.4 is 0 Å². The lowest BCUT2D eigenvalue weighted by molar-refractivity contribution is 0.587. The Morgan fingerprint density at radius 2 is 0.849 bits per heavy atom. The molecule has 4 nitrogen and oxygen atoms in total. The normalized spacial score (nSPS) is 15.3. The lowest BCUT2D eigenvalue weighted by atomic mass is 9.73. The van der Waals surface area contributed by atoms with Crippen LogP contribution in [0.25, 0.3) is 165 Å². The van der Waals surface area contributed by atoms with Crippen LogP contribution >= 0.6 is 0 Å². The average molecular weight is 1100 g/mol. The van der Waals surface area contributed by atoms with Crippen molar-refractivity contribution in [2.45, 2.75) is 38.0 Å². The fourth-order valence-electron chi connectivity index (χ4n) is 17.0. The van der Waals surface area contributed by atoms with Crippen LogP contribution in [-0.2, 0) is 17.3 Å². The van der Waals surface area contributed by atoms with E-state index in [2.05, 4.69) is 279 Å². The molecule has 4 heteroatoms. The Bertz CT molecular complexity index is 5890. The lowest BCUT2D eigenvalue weighted by Crippen LogP contribution is -2.24. The Morgan fingerprint density at radius 1 is 0.337 bits per heavy atom. The van der Waals surface area contributed by atoms with E-state index in [0.717, 1.165) is 72.7 Å². The summed E-state index contributed by atoms with van der Waals surface area (Å²) in [4.78, 5) is 0. The predicted molar refractivity (Wildman–Crippen MR) is 357 cm³/mol. The molecule has 20 rings (SSSR count). The molecule has 402 valence electrons. The van der Waals surface area contributed by atoms with E-state index in [1.807, 2.05) is 0 Å². The smallest absolute Gasteiger partial charge is 0.145 e. The number of hydrogen-bond acceptors (Lipinski definition) is 2. The van der Waals surface area contributed by atoms with Crippen LogP contribution in [0.5, 0.6) is 0 Å². The second-order valence-electron chi connectivity index (χ2n) is 25.1. The summed E-state index contributed by atoms with van der Waals surface area (Å²) >= 11 is 0. The van der Waals surface area contributed by atoms with Gasteiger partial charge in [0.25, 0.3) is 0 Å². The van der Waals surface area contributed by atoms with Gasteiger partial charge in [0.05, 0.1) is 32.8 Å². The van der Waals surface area contributed by atoms with Crippen molar-refractivity contribution >= 4 is 98.3 Å². The van der Waals surface area contributed by atoms with Gasteiger partial charge in [-0.15, -0.1) is 0 Å². The first-order chi connectivity index (χ1) is 42.3. The Kier molecular flexibility index (Phi) is 8.89. The van der Waals surface area contributed by atoms with Gasteiger partial charge in [-0.1, -0.05) is 221 Å². The lowest BCUT2D eigenvalue weighted by Gasteiger charge is -2.29. The Balaban J connectivity index is 0.889. The minimum atomic E-state index is -0.501. The Labute approximate surface area is 495 Å². The predicted octanol–water partition coefficient (Wildman–Crippen LogP) is 22.0. The van der Waals surface area contributed by atoms with E-state index < -0.39 is 5.41 Å². The number of aromatic nitrogens is 2. The molecule has 86 heavy (non-hydrogen) atoms. The van der Waals surface area contributed by atoms with Crippen molar-refractivity contribution in [2.75, 3.05) is 0 Å². The zero-order valence-electron chi connectivity index (χ0n) is 47.6. The van der Waals surface area contributed by atoms with Gasteiger partial charge in [0.2, 0.25) is 0 Å². The third-order valence-corrected chi connectivity index (χ3v) is 20.4. The summed E-state index contributed by atoms with van der Waals surface area (Å²) in [5, 5.41) is 11.9. The van der Waals surface area contributed by atoms with Crippen molar-refractivity contribution in [3.63, 3.8) is 0 Å². The van der Waals surface area contributed by atoms with Crippen molar-refractivity contribution in [1.29, 1.82) is 0 Å². The van der Waals surface area contributed by atoms with Gasteiger partial charge in [-0.3, -0.25) is 0 Å². The van der Waals surface area contributed by atoms with Gasteiger partial charge in [0, 0.05) is 65.6 Å². The highest BCUT2D eigenvalue weighted by atomic mass is 16.3. The molecule has 0 saturated heterocycles. The summed E-state index contributed by atoms with van der Waals surface area (Å²) in [6.07, 6.45) is 0.733. The molecule has 0 fully saturated rings. The molecular weight excluding hydrogens is 1040 g/mol. The van der Waals surface area contributed by atoms with Crippen LogP contribution in [0, 0.1) is 0 Å². The first-order valence-electron chi connectivity index (χ1n) is 30.2. The van der Waals surface area contributed by atoms with Crippen LogP contribution in [0.4, 0.5) is 0 Å². The molecule has 4 aromatic heterocycles. The van der Waals surface area contributed by atoms with Crippen LogP contribution in [-0.4, -0.2) is 9.13 Å². The van der Waals surface area contributed by atoms with E-state index in [0.29, 0.717) is 0 Å². The maximum atomic E-state index is 7.31. The first kappa shape index (κ1) is 46.8. The molecular formula is C82H52N2O2. The maximum absolute atomic E-state index is 7.31. The fraction of sp³-hybridized carbons (Fsp3) is 0.0732. The Hall–Kier alpha value is -10.7. The summed E-state index contributed by atoms with van der Waals surface area (Å²) in [6, 6.07) is 92.6. The number of furan rings is 2. The number of benzene rings is 13. The van der Waals surface area contributed by atoms with Gasteiger partial charge in [-0.05, 0) is 138 Å². The van der Waals surface area contributed by atoms with E-state index in [9.17, 15) is 0 Å². The minimum absolute atomic E-state index is 0.320. The second-order valence-corrected chi connectivity index (χ2v) is 25.1. The molecule has 0 amide bonds. The average Bonchev–Trinajstić information content (AvgIpc) is 1.64. The largest absolute Gasteiger partial charge is 0.455 e. The van der Waals surface area contributed by atoms with Gasteiger partial charge in [-0.25, -0.2) is 0 Å². The second kappa shape index (κ2) is 16.4. The summed E-state index contributed by atoms with van der Waals surface area (Å²) in [5.41, 5.74) is 29.0. The fourth-order valence-corrected chi connectivity index (χ4v) is 17.0. The third kappa shape index (κ3) is 5.75. The van der Waals surface area contributed by atoms with Gasteiger partial charge >= 0.3 is 0 Å². The third-order valence-electron chi connectivity index (χ3n) is 20.4. The maximum Gasteiger partial charge on any atom is 0.145 e. The number of hydrogen-bond donors (Lipinski definition) is 0. The van der Waals surface area contributed by atoms with Crippen LogP contribution in [0.2, 0.25) is 0 Å². The van der Waals surface area contributed by atoms with E-state index in [4.69, 9.17) is 8.83 Å². The molecule has 1 unspecified atom stereocenters. The molecule has 0 N–H and O–H groups in total. The van der Waals surface area contributed by atoms with Crippen LogP contribution in [0.1, 0.15) is 48.6 Å².